The van der Waals surface area contributed by atoms with Gasteiger partial charge < -0.3 is 10.4 Å². The number of hydrogen-bond acceptors (Lipinski definition) is 7. The van der Waals surface area contributed by atoms with E-state index < -0.39 is 39.9 Å². The number of carbonyl (C=O) groups is 4. The number of carboxylic acid groups (broad SMARTS) is 1. The van der Waals surface area contributed by atoms with Crippen molar-refractivity contribution in [1.82, 2.24) is 15.5 Å². The van der Waals surface area contributed by atoms with E-state index in [0.29, 0.717) is 6.42 Å². The largest absolute Gasteiger partial charge is 0.480 e. The fourth-order valence-electron chi connectivity index (χ4n) is 4.78. The highest BCUT2D eigenvalue weighted by molar-refractivity contribution is 7.92. The molecule has 4 N–H and O–H groups in total. The molecule has 0 saturated heterocycles. The average molecular weight is 607 g/mol. The lowest BCUT2D eigenvalue weighted by Gasteiger charge is -2.25. The second-order valence-corrected chi connectivity index (χ2v) is 12.4. The van der Waals surface area contributed by atoms with Gasteiger partial charge in [0.2, 0.25) is 5.91 Å². The Balaban J connectivity index is 1.42. The molecule has 3 aromatic carbocycles. The Morgan fingerprint density at radius 1 is 0.860 bits per heavy atom. The summed E-state index contributed by atoms with van der Waals surface area (Å²) < 4.78 is 27.8. The number of fused-ring (bicyclic) bond motifs is 1. The zero-order valence-electron chi connectivity index (χ0n) is 23.8. The van der Waals surface area contributed by atoms with Gasteiger partial charge in [-0.25, -0.2) is 8.42 Å². The van der Waals surface area contributed by atoms with E-state index in [0.717, 1.165) is 10.5 Å². The second-order valence-electron chi connectivity index (χ2n) is 10.7. The van der Waals surface area contributed by atoms with Crippen LogP contribution in [0.15, 0.2) is 83.8 Å². The zero-order valence-corrected chi connectivity index (χ0v) is 24.6. The number of anilines is 1. The topological polar surface area (TPSA) is 162 Å². The highest BCUT2D eigenvalue weighted by atomic mass is 32.2. The van der Waals surface area contributed by atoms with E-state index in [2.05, 4.69) is 15.4 Å². The van der Waals surface area contributed by atoms with Crippen molar-refractivity contribution in [2.45, 2.75) is 50.2 Å². The van der Waals surface area contributed by atoms with Crippen molar-refractivity contribution in [3.8, 4) is 0 Å². The van der Waals surface area contributed by atoms with Crippen LogP contribution in [-0.2, 0) is 26.2 Å². The van der Waals surface area contributed by atoms with E-state index >= 15 is 0 Å². The third kappa shape index (κ3) is 7.85. The van der Waals surface area contributed by atoms with Gasteiger partial charge in [-0.15, -0.1) is 0 Å². The molecule has 1 aliphatic rings. The van der Waals surface area contributed by atoms with E-state index in [1.54, 1.807) is 18.2 Å². The lowest BCUT2D eigenvalue weighted by Crippen LogP contribution is -2.52. The summed E-state index contributed by atoms with van der Waals surface area (Å²) in [5.74, 6) is -2.77. The molecule has 3 amide bonds. The smallest absolute Gasteiger partial charge is 0.320 e. The molecule has 4 rings (SSSR count). The van der Waals surface area contributed by atoms with Gasteiger partial charge in [0.1, 0.15) is 6.04 Å². The minimum absolute atomic E-state index is 0.0102. The van der Waals surface area contributed by atoms with E-state index in [9.17, 15) is 32.7 Å². The van der Waals surface area contributed by atoms with Crippen LogP contribution in [0, 0.1) is 5.92 Å². The maximum Gasteiger partial charge on any atom is 0.320 e. The maximum atomic E-state index is 13.2. The van der Waals surface area contributed by atoms with Gasteiger partial charge in [-0.2, -0.15) is 0 Å². The maximum absolute atomic E-state index is 13.2. The molecular formula is C31H34N4O7S. The minimum atomic E-state index is -3.92. The Kier molecular flexibility index (Phi) is 9.94. The molecule has 11 nitrogen and oxygen atoms in total. The summed E-state index contributed by atoms with van der Waals surface area (Å²) >= 11 is 0. The Labute approximate surface area is 250 Å². The summed E-state index contributed by atoms with van der Waals surface area (Å²) in [6, 6.07) is 19.0. The molecule has 0 unspecified atom stereocenters. The van der Waals surface area contributed by atoms with Crippen molar-refractivity contribution in [3.05, 3.63) is 95.6 Å². The predicted molar refractivity (Wildman–Crippen MR) is 160 cm³/mol. The number of nitrogens with zero attached hydrogens (tertiary/aromatic N) is 1. The van der Waals surface area contributed by atoms with Crippen LogP contribution in [0.4, 0.5) is 5.69 Å². The van der Waals surface area contributed by atoms with Gasteiger partial charge in [0.15, 0.2) is 0 Å². The highest BCUT2D eigenvalue weighted by Crippen LogP contribution is 2.27. The number of hydrogen-bond donors (Lipinski definition) is 4. The number of imide groups is 1. The molecule has 0 aromatic heterocycles. The van der Waals surface area contributed by atoms with Crippen molar-refractivity contribution in [3.63, 3.8) is 0 Å². The minimum Gasteiger partial charge on any atom is -0.480 e. The molecule has 0 aliphatic carbocycles. The Morgan fingerprint density at radius 2 is 1.49 bits per heavy atom. The highest BCUT2D eigenvalue weighted by Gasteiger charge is 2.37. The number of nitrogens with one attached hydrogen (secondary N) is 3. The van der Waals surface area contributed by atoms with Crippen LogP contribution >= 0.6 is 0 Å². The van der Waals surface area contributed by atoms with Gasteiger partial charge in [0.25, 0.3) is 21.8 Å². The van der Waals surface area contributed by atoms with E-state index in [-0.39, 0.29) is 53.0 Å². The monoisotopic (exact) mass is 606 g/mol. The molecule has 43 heavy (non-hydrogen) atoms. The molecule has 2 atom stereocenters. The van der Waals surface area contributed by atoms with E-state index in [1.807, 2.05) is 44.2 Å². The molecule has 1 heterocycles. The predicted octanol–water partition coefficient (Wildman–Crippen LogP) is 3.25. The third-order valence-electron chi connectivity index (χ3n) is 6.95. The molecular weight excluding hydrogens is 572 g/mol. The molecule has 0 radical (unpaired) electrons. The SMILES string of the molecule is CC(C)C[C@H](N[C@H](CCN1C(=O)c2ccc(NS(=O)(=O)c3ccccc3)cc2C1=O)C(=O)O)C(=O)NCc1ccccc1. The lowest BCUT2D eigenvalue weighted by molar-refractivity contribution is -0.140. The number of amides is 3. The fourth-order valence-corrected chi connectivity index (χ4v) is 5.85. The normalized spacial score (nSPS) is 14.3. The second kappa shape index (κ2) is 13.6. The Morgan fingerprint density at radius 3 is 2.12 bits per heavy atom. The van der Waals surface area contributed by atoms with Gasteiger partial charge in [-0.3, -0.25) is 34.1 Å². The fraction of sp³-hybridized carbons (Fsp3) is 0.290. The van der Waals surface area contributed by atoms with Crippen molar-refractivity contribution < 1.29 is 32.7 Å². The van der Waals surface area contributed by atoms with Crippen LogP contribution in [0.1, 0.15) is 53.0 Å². The first kappa shape index (κ1) is 31.4. The number of sulfonamides is 1. The van der Waals surface area contributed by atoms with Crippen LogP contribution in [0.2, 0.25) is 0 Å². The van der Waals surface area contributed by atoms with E-state index in [1.165, 1.54) is 30.3 Å². The van der Waals surface area contributed by atoms with Crippen LogP contribution in [0.25, 0.3) is 0 Å². The molecule has 226 valence electrons. The number of benzene rings is 3. The van der Waals surface area contributed by atoms with Crippen LogP contribution < -0.4 is 15.4 Å². The van der Waals surface area contributed by atoms with Crippen molar-refractivity contribution in [2.24, 2.45) is 5.92 Å². The quantitative estimate of drug-likeness (QED) is 0.203. The van der Waals surface area contributed by atoms with Crippen molar-refractivity contribution in [1.29, 1.82) is 0 Å². The van der Waals surface area contributed by atoms with Crippen LogP contribution in [-0.4, -0.2) is 60.7 Å². The number of carbonyl (C=O) groups excluding carboxylic acids is 3. The summed E-state index contributed by atoms with van der Waals surface area (Å²) in [5, 5.41) is 15.7. The summed E-state index contributed by atoms with van der Waals surface area (Å²) in [6.45, 7) is 3.90. The molecule has 12 heteroatoms. The van der Waals surface area contributed by atoms with Gasteiger partial charge in [0, 0.05) is 18.8 Å². The number of rotatable bonds is 14. The van der Waals surface area contributed by atoms with Crippen LogP contribution in [0.3, 0.4) is 0 Å². The lowest BCUT2D eigenvalue weighted by atomic mass is 10.0. The first-order valence-electron chi connectivity index (χ1n) is 13.8. The number of carboxylic acids is 1. The van der Waals surface area contributed by atoms with Gasteiger partial charge >= 0.3 is 5.97 Å². The average Bonchev–Trinajstić information content (AvgIpc) is 3.21. The van der Waals surface area contributed by atoms with Crippen molar-refractivity contribution in [2.75, 3.05) is 11.3 Å². The van der Waals surface area contributed by atoms with E-state index in [4.69, 9.17) is 0 Å². The molecule has 0 saturated carbocycles. The van der Waals surface area contributed by atoms with Gasteiger partial charge in [-0.1, -0.05) is 62.4 Å². The Bertz CT molecular complexity index is 1590. The summed E-state index contributed by atoms with van der Waals surface area (Å²) in [6.07, 6.45) is 0.230. The molecule has 0 fully saturated rings. The third-order valence-corrected chi connectivity index (χ3v) is 8.35. The van der Waals surface area contributed by atoms with Gasteiger partial charge in [0.05, 0.1) is 22.1 Å². The molecule has 1 aliphatic heterocycles. The summed E-state index contributed by atoms with van der Waals surface area (Å²) in [5.41, 5.74) is 1.10. The molecule has 0 bridgehead atoms. The Hall–Kier alpha value is -4.55. The first-order chi connectivity index (χ1) is 20.5. The van der Waals surface area contributed by atoms with Crippen molar-refractivity contribution >= 4 is 39.4 Å². The number of aliphatic carboxylic acids is 1. The first-order valence-corrected chi connectivity index (χ1v) is 15.3. The standard InChI is InChI=1S/C31H34N4O7S/c1-20(2)17-27(28(36)32-19-21-9-5-3-6-10-21)33-26(31(39)40)15-16-35-29(37)24-14-13-22(18-25(24)30(35)38)34-43(41,42)23-11-7-4-8-12-23/h3-14,18,20,26-27,33-34H,15-17,19H2,1-2H3,(H,32,36)(H,39,40)/t26-,27+/m1/s1. The zero-order chi connectivity index (χ0) is 31.1. The summed E-state index contributed by atoms with van der Waals surface area (Å²) in [4.78, 5) is 52.3. The van der Waals surface area contributed by atoms with Gasteiger partial charge in [-0.05, 0) is 54.7 Å². The summed E-state index contributed by atoms with van der Waals surface area (Å²) in [7, 11) is -3.92. The molecule has 0 spiro atoms. The molecule has 3 aromatic rings. The van der Waals surface area contributed by atoms with Crippen LogP contribution in [0.5, 0.6) is 0 Å².